The van der Waals surface area contributed by atoms with Gasteiger partial charge in [-0.25, -0.2) is 9.38 Å². The summed E-state index contributed by atoms with van der Waals surface area (Å²) in [7, 11) is 0. The van der Waals surface area contributed by atoms with Crippen molar-refractivity contribution in [3.8, 4) is 0 Å². The van der Waals surface area contributed by atoms with Gasteiger partial charge in [-0.15, -0.1) is 0 Å². The molecule has 0 fully saturated rings. The maximum absolute atomic E-state index is 12.9. The highest BCUT2D eigenvalue weighted by atomic mass is 19.1. The van der Waals surface area contributed by atoms with E-state index in [-0.39, 0.29) is 24.8 Å². The second-order valence-electron chi connectivity index (χ2n) is 6.24. The number of aliphatic imine (C=N–C) groups is 1. The zero-order valence-electron chi connectivity index (χ0n) is 15.5. The third-order valence-corrected chi connectivity index (χ3v) is 3.85. The van der Waals surface area contributed by atoms with Gasteiger partial charge in [0.05, 0.1) is 6.54 Å². The first kappa shape index (κ1) is 20.4. The quantitative estimate of drug-likeness (QED) is 0.444. The SMILES string of the molecule is CCNC(=NCC(=O)Nc1ccc(F)cc1)NCC(C)(O)c1ccccc1. The Bertz CT molecular complexity index is 761. The summed E-state index contributed by atoms with van der Waals surface area (Å²) in [6.45, 7) is 4.34. The van der Waals surface area contributed by atoms with E-state index in [1.165, 1.54) is 24.3 Å². The molecule has 7 heteroatoms. The van der Waals surface area contributed by atoms with Crippen LogP contribution in [-0.2, 0) is 10.4 Å². The molecule has 2 aromatic rings. The standard InChI is InChI=1S/C20H25FN4O2/c1-3-22-19(24-14-20(2,27)15-7-5-4-6-8-15)23-13-18(26)25-17-11-9-16(21)10-12-17/h4-12,27H,3,13-14H2,1-2H3,(H,25,26)(H2,22,23,24). The molecule has 0 bridgehead atoms. The van der Waals surface area contributed by atoms with Crippen molar-refractivity contribution in [2.24, 2.45) is 4.99 Å². The largest absolute Gasteiger partial charge is 0.384 e. The molecule has 0 aromatic heterocycles. The molecule has 27 heavy (non-hydrogen) atoms. The second-order valence-corrected chi connectivity index (χ2v) is 6.24. The van der Waals surface area contributed by atoms with E-state index < -0.39 is 5.60 Å². The fraction of sp³-hybridized carbons (Fsp3) is 0.300. The number of halogens is 1. The van der Waals surface area contributed by atoms with Crippen molar-refractivity contribution < 1.29 is 14.3 Å². The van der Waals surface area contributed by atoms with Gasteiger partial charge in [-0.3, -0.25) is 4.79 Å². The molecule has 1 atom stereocenters. The topological polar surface area (TPSA) is 85.8 Å². The number of carbonyl (C=O) groups excluding carboxylic acids is 1. The van der Waals surface area contributed by atoms with Gasteiger partial charge >= 0.3 is 0 Å². The van der Waals surface area contributed by atoms with E-state index in [4.69, 9.17) is 0 Å². The maximum atomic E-state index is 12.9. The smallest absolute Gasteiger partial charge is 0.246 e. The van der Waals surface area contributed by atoms with Crippen LogP contribution in [0.1, 0.15) is 19.4 Å². The fourth-order valence-corrected chi connectivity index (χ4v) is 2.38. The molecule has 1 unspecified atom stereocenters. The van der Waals surface area contributed by atoms with Gasteiger partial charge in [0.15, 0.2) is 5.96 Å². The van der Waals surface area contributed by atoms with Crippen LogP contribution in [0.15, 0.2) is 59.6 Å². The molecule has 6 nitrogen and oxygen atoms in total. The molecule has 0 aliphatic heterocycles. The van der Waals surface area contributed by atoms with Gasteiger partial charge in [-0.05, 0) is 43.7 Å². The molecule has 2 aromatic carbocycles. The highest BCUT2D eigenvalue weighted by molar-refractivity contribution is 5.94. The molecule has 0 heterocycles. The Balaban J connectivity index is 1.93. The first-order valence-electron chi connectivity index (χ1n) is 8.76. The van der Waals surface area contributed by atoms with Crippen LogP contribution in [0.3, 0.4) is 0 Å². The summed E-state index contributed by atoms with van der Waals surface area (Å²) in [6, 6.07) is 14.8. The van der Waals surface area contributed by atoms with Gasteiger partial charge in [0.2, 0.25) is 5.91 Å². The molecule has 1 amide bonds. The lowest BCUT2D eigenvalue weighted by atomic mass is 9.96. The third kappa shape index (κ3) is 6.71. The summed E-state index contributed by atoms with van der Waals surface area (Å²) in [4.78, 5) is 16.2. The monoisotopic (exact) mass is 372 g/mol. The number of hydrogen-bond acceptors (Lipinski definition) is 3. The number of amides is 1. The Morgan fingerprint density at radius 1 is 1.11 bits per heavy atom. The minimum Gasteiger partial charge on any atom is -0.384 e. The molecule has 0 saturated heterocycles. The molecule has 0 spiro atoms. The predicted molar refractivity (Wildman–Crippen MR) is 105 cm³/mol. The lowest BCUT2D eigenvalue weighted by molar-refractivity contribution is -0.114. The van der Waals surface area contributed by atoms with Crippen LogP contribution in [0.4, 0.5) is 10.1 Å². The first-order chi connectivity index (χ1) is 12.9. The summed E-state index contributed by atoms with van der Waals surface area (Å²) >= 11 is 0. The molecule has 0 aliphatic rings. The average molecular weight is 372 g/mol. The van der Waals surface area contributed by atoms with E-state index in [0.717, 1.165) is 5.56 Å². The summed E-state index contributed by atoms with van der Waals surface area (Å²) < 4.78 is 12.9. The lowest BCUT2D eigenvalue weighted by Gasteiger charge is -2.25. The van der Waals surface area contributed by atoms with Gasteiger partial charge in [-0.2, -0.15) is 0 Å². The van der Waals surface area contributed by atoms with E-state index >= 15 is 0 Å². The van der Waals surface area contributed by atoms with Crippen LogP contribution in [0, 0.1) is 5.82 Å². The minimum atomic E-state index is -1.09. The molecule has 0 radical (unpaired) electrons. The van der Waals surface area contributed by atoms with E-state index in [2.05, 4.69) is 20.9 Å². The van der Waals surface area contributed by atoms with E-state index in [1.54, 1.807) is 6.92 Å². The number of anilines is 1. The molecular formula is C20H25FN4O2. The van der Waals surface area contributed by atoms with Gasteiger partial charge < -0.3 is 21.1 Å². The van der Waals surface area contributed by atoms with Crippen LogP contribution >= 0.6 is 0 Å². The van der Waals surface area contributed by atoms with Gasteiger partial charge in [0.1, 0.15) is 18.0 Å². The summed E-state index contributed by atoms with van der Waals surface area (Å²) in [5, 5.41) is 19.4. The Morgan fingerprint density at radius 3 is 2.41 bits per heavy atom. The van der Waals surface area contributed by atoms with Crippen LogP contribution in [0.2, 0.25) is 0 Å². The molecule has 0 aliphatic carbocycles. The van der Waals surface area contributed by atoms with Gasteiger partial charge in [0, 0.05) is 12.2 Å². The van der Waals surface area contributed by atoms with E-state index in [9.17, 15) is 14.3 Å². The highest BCUT2D eigenvalue weighted by Gasteiger charge is 2.23. The maximum Gasteiger partial charge on any atom is 0.246 e. The number of nitrogens with one attached hydrogen (secondary N) is 3. The normalized spacial score (nSPS) is 13.6. The third-order valence-electron chi connectivity index (χ3n) is 3.85. The number of hydrogen-bond donors (Lipinski definition) is 4. The zero-order chi connectivity index (χ0) is 19.7. The van der Waals surface area contributed by atoms with Crippen LogP contribution in [0.25, 0.3) is 0 Å². The summed E-state index contributed by atoms with van der Waals surface area (Å²) in [5.74, 6) is -0.272. The van der Waals surface area contributed by atoms with Crippen LogP contribution in [-0.4, -0.2) is 36.6 Å². The van der Waals surface area contributed by atoms with Crippen LogP contribution in [0.5, 0.6) is 0 Å². The van der Waals surface area contributed by atoms with Gasteiger partial charge in [-0.1, -0.05) is 30.3 Å². The number of nitrogens with zero attached hydrogens (tertiary/aromatic N) is 1. The van der Waals surface area contributed by atoms with Crippen molar-refractivity contribution in [3.05, 3.63) is 66.0 Å². The minimum absolute atomic E-state index is 0.111. The Morgan fingerprint density at radius 2 is 1.78 bits per heavy atom. The second kappa shape index (κ2) is 9.68. The van der Waals surface area contributed by atoms with E-state index in [0.29, 0.717) is 18.2 Å². The summed E-state index contributed by atoms with van der Waals surface area (Å²) in [6.07, 6.45) is 0. The molecule has 144 valence electrons. The lowest BCUT2D eigenvalue weighted by Crippen LogP contribution is -2.44. The zero-order valence-corrected chi connectivity index (χ0v) is 15.5. The predicted octanol–water partition coefficient (Wildman–Crippen LogP) is 2.23. The van der Waals surface area contributed by atoms with Crippen molar-refractivity contribution in [3.63, 3.8) is 0 Å². The number of benzene rings is 2. The molecular weight excluding hydrogens is 347 g/mol. The van der Waals surface area contributed by atoms with Crippen LogP contribution < -0.4 is 16.0 Å². The van der Waals surface area contributed by atoms with E-state index in [1.807, 2.05) is 37.3 Å². The van der Waals surface area contributed by atoms with Crippen molar-refractivity contribution in [1.29, 1.82) is 0 Å². The Hall–Kier alpha value is -2.93. The molecule has 0 saturated carbocycles. The fourth-order valence-electron chi connectivity index (χ4n) is 2.38. The highest BCUT2D eigenvalue weighted by Crippen LogP contribution is 2.18. The average Bonchev–Trinajstić information content (AvgIpc) is 2.66. The molecule has 4 N–H and O–H groups in total. The number of carbonyl (C=O) groups is 1. The van der Waals surface area contributed by atoms with Crippen molar-refractivity contribution in [2.45, 2.75) is 19.4 Å². The number of guanidine groups is 1. The first-order valence-corrected chi connectivity index (χ1v) is 8.76. The summed E-state index contributed by atoms with van der Waals surface area (Å²) in [5.41, 5.74) is 0.192. The Labute approximate surface area is 158 Å². The van der Waals surface area contributed by atoms with Crippen molar-refractivity contribution in [1.82, 2.24) is 10.6 Å². The Kier molecular flexibility index (Phi) is 7.31. The molecule has 2 rings (SSSR count). The number of rotatable bonds is 7. The van der Waals surface area contributed by atoms with Crippen molar-refractivity contribution in [2.75, 3.05) is 25.0 Å². The van der Waals surface area contributed by atoms with Crippen molar-refractivity contribution >= 4 is 17.6 Å². The van der Waals surface area contributed by atoms with Gasteiger partial charge in [0.25, 0.3) is 0 Å². The number of aliphatic hydroxyl groups is 1.